The molecule has 5 nitrogen and oxygen atoms in total. The van der Waals surface area contributed by atoms with E-state index >= 15 is 0 Å². The lowest BCUT2D eigenvalue weighted by Gasteiger charge is -2.22. The largest absolute Gasteiger partial charge is 0.494 e. The highest BCUT2D eigenvalue weighted by molar-refractivity contribution is 5.79. The summed E-state index contributed by atoms with van der Waals surface area (Å²) in [5.41, 5.74) is 1.88. The van der Waals surface area contributed by atoms with Crippen molar-refractivity contribution >= 4 is 5.91 Å². The van der Waals surface area contributed by atoms with E-state index in [2.05, 4.69) is 10.4 Å². The van der Waals surface area contributed by atoms with Crippen LogP contribution in [0.15, 0.2) is 36.7 Å². The second-order valence-electron chi connectivity index (χ2n) is 6.46. The third kappa shape index (κ3) is 3.61. The van der Waals surface area contributed by atoms with Gasteiger partial charge in [-0.25, -0.2) is 4.68 Å². The highest BCUT2D eigenvalue weighted by Crippen LogP contribution is 2.26. The third-order valence-electron chi connectivity index (χ3n) is 4.77. The van der Waals surface area contributed by atoms with Crippen molar-refractivity contribution in [1.29, 1.82) is 0 Å². The van der Waals surface area contributed by atoms with E-state index in [0.29, 0.717) is 0 Å². The fourth-order valence-corrected chi connectivity index (χ4v) is 3.29. The number of amides is 1. The van der Waals surface area contributed by atoms with E-state index in [9.17, 15) is 4.79 Å². The molecule has 1 fully saturated rings. The van der Waals surface area contributed by atoms with E-state index in [4.69, 9.17) is 4.74 Å². The maximum Gasteiger partial charge on any atom is 0.223 e. The molecule has 1 unspecified atom stereocenters. The maximum atomic E-state index is 12.4. The average molecular weight is 327 g/mol. The molecule has 24 heavy (non-hydrogen) atoms. The van der Waals surface area contributed by atoms with Gasteiger partial charge in [-0.15, -0.1) is 0 Å². The van der Waals surface area contributed by atoms with E-state index in [1.807, 2.05) is 37.4 Å². The molecular weight excluding hydrogens is 302 g/mol. The lowest BCUT2D eigenvalue weighted by Crippen LogP contribution is -2.33. The molecule has 5 heteroatoms. The van der Waals surface area contributed by atoms with Crippen LogP contribution in [0.2, 0.25) is 0 Å². The Balaban J connectivity index is 1.69. The van der Waals surface area contributed by atoms with Gasteiger partial charge in [0.25, 0.3) is 0 Å². The van der Waals surface area contributed by atoms with Gasteiger partial charge in [0.1, 0.15) is 11.4 Å². The molecule has 0 saturated heterocycles. The molecule has 1 aliphatic rings. The Morgan fingerprint density at radius 2 is 2.04 bits per heavy atom. The molecule has 1 amide bonds. The summed E-state index contributed by atoms with van der Waals surface area (Å²) in [5, 5.41) is 7.56. The number of methoxy groups -OCH3 is 1. The minimum atomic E-state index is -0.0529. The standard InChI is InChI=1S/C19H25N3O2/c1-14(21-19(23)15-8-4-3-5-9-15)16-12-20-22(13-16)17-10-6-7-11-18(17)24-2/h6-7,10-15H,3-5,8-9H2,1-2H3,(H,21,23). The SMILES string of the molecule is COc1ccccc1-n1cc(C(C)NC(=O)C2CCCCC2)cn1. The van der Waals surface area contributed by atoms with Crippen LogP contribution in [0.25, 0.3) is 5.69 Å². The second kappa shape index (κ2) is 7.51. The van der Waals surface area contributed by atoms with Crippen molar-refractivity contribution in [2.45, 2.75) is 45.1 Å². The molecule has 1 aromatic carbocycles. The van der Waals surface area contributed by atoms with Crippen molar-refractivity contribution in [3.63, 3.8) is 0 Å². The van der Waals surface area contributed by atoms with Gasteiger partial charge in [-0.2, -0.15) is 5.10 Å². The van der Waals surface area contributed by atoms with Crippen molar-refractivity contribution in [2.24, 2.45) is 5.92 Å². The molecule has 1 atom stereocenters. The number of rotatable bonds is 5. The molecule has 128 valence electrons. The molecule has 1 aliphatic carbocycles. The normalized spacial score (nSPS) is 16.6. The summed E-state index contributed by atoms with van der Waals surface area (Å²) in [7, 11) is 1.65. The summed E-state index contributed by atoms with van der Waals surface area (Å²) < 4.78 is 7.17. The Morgan fingerprint density at radius 3 is 2.79 bits per heavy atom. The summed E-state index contributed by atoms with van der Waals surface area (Å²) >= 11 is 0. The van der Waals surface area contributed by atoms with Crippen molar-refractivity contribution < 1.29 is 9.53 Å². The Hall–Kier alpha value is -2.30. The van der Waals surface area contributed by atoms with E-state index in [1.165, 1.54) is 6.42 Å². The summed E-state index contributed by atoms with van der Waals surface area (Å²) in [5.74, 6) is 1.11. The third-order valence-corrected chi connectivity index (χ3v) is 4.77. The van der Waals surface area contributed by atoms with Crippen LogP contribution < -0.4 is 10.1 Å². The van der Waals surface area contributed by atoms with Crippen molar-refractivity contribution in [3.8, 4) is 11.4 Å². The number of carbonyl (C=O) groups excluding carboxylic acids is 1. The van der Waals surface area contributed by atoms with Crippen LogP contribution in [0.3, 0.4) is 0 Å². The highest BCUT2D eigenvalue weighted by Gasteiger charge is 2.23. The zero-order valence-corrected chi connectivity index (χ0v) is 14.4. The smallest absolute Gasteiger partial charge is 0.223 e. The Kier molecular flexibility index (Phi) is 5.18. The minimum absolute atomic E-state index is 0.0529. The summed E-state index contributed by atoms with van der Waals surface area (Å²) in [4.78, 5) is 12.4. The Morgan fingerprint density at radius 1 is 1.29 bits per heavy atom. The zero-order chi connectivity index (χ0) is 16.9. The lowest BCUT2D eigenvalue weighted by atomic mass is 9.88. The number of hydrogen-bond donors (Lipinski definition) is 1. The van der Waals surface area contributed by atoms with Crippen LogP contribution in [-0.2, 0) is 4.79 Å². The van der Waals surface area contributed by atoms with Gasteiger partial charge in [-0.05, 0) is 31.9 Å². The van der Waals surface area contributed by atoms with Crippen molar-refractivity contribution in [3.05, 3.63) is 42.2 Å². The van der Waals surface area contributed by atoms with Crippen molar-refractivity contribution in [2.75, 3.05) is 7.11 Å². The minimum Gasteiger partial charge on any atom is -0.494 e. The maximum absolute atomic E-state index is 12.4. The molecule has 0 aliphatic heterocycles. The molecule has 3 rings (SSSR count). The van der Waals surface area contributed by atoms with E-state index < -0.39 is 0 Å². The van der Waals surface area contributed by atoms with Gasteiger partial charge in [0, 0.05) is 17.7 Å². The monoisotopic (exact) mass is 327 g/mol. The Labute approximate surface area is 143 Å². The molecular formula is C19H25N3O2. The number of nitrogens with zero attached hydrogens (tertiary/aromatic N) is 2. The van der Waals surface area contributed by atoms with Crippen LogP contribution in [-0.4, -0.2) is 22.8 Å². The van der Waals surface area contributed by atoms with Crippen LogP contribution in [0.4, 0.5) is 0 Å². The second-order valence-corrected chi connectivity index (χ2v) is 6.46. The van der Waals surface area contributed by atoms with Gasteiger partial charge in [0.2, 0.25) is 5.91 Å². The number of hydrogen-bond acceptors (Lipinski definition) is 3. The fourth-order valence-electron chi connectivity index (χ4n) is 3.29. The van der Waals surface area contributed by atoms with Gasteiger partial charge in [-0.1, -0.05) is 31.4 Å². The summed E-state index contributed by atoms with van der Waals surface area (Å²) in [6, 6.07) is 7.70. The molecule has 0 spiro atoms. The van der Waals surface area contributed by atoms with Gasteiger partial charge < -0.3 is 10.1 Å². The number of ether oxygens (including phenoxy) is 1. The van der Waals surface area contributed by atoms with E-state index in [0.717, 1.165) is 42.7 Å². The molecule has 1 aromatic heterocycles. The van der Waals surface area contributed by atoms with E-state index in [1.54, 1.807) is 18.0 Å². The first-order valence-corrected chi connectivity index (χ1v) is 8.67. The molecule has 1 saturated carbocycles. The Bertz CT molecular complexity index is 689. The zero-order valence-electron chi connectivity index (χ0n) is 14.4. The number of nitrogens with one attached hydrogen (secondary N) is 1. The number of carbonyl (C=O) groups is 1. The molecule has 0 bridgehead atoms. The van der Waals surface area contributed by atoms with Crippen LogP contribution >= 0.6 is 0 Å². The lowest BCUT2D eigenvalue weighted by molar-refractivity contribution is -0.126. The van der Waals surface area contributed by atoms with Crippen molar-refractivity contribution in [1.82, 2.24) is 15.1 Å². The van der Waals surface area contributed by atoms with Crippen LogP contribution in [0.1, 0.15) is 50.6 Å². The quantitative estimate of drug-likeness (QED) is 0.912. The molecule has 1 heterocycles. The number of para-hydroxylation sites is 2. The van der Waals surface area contributed by atoms with Crippen LogP contribution in [0.5, 0.6) is 5.75 Å². The van der Waals surface area contributed by atoms with Gasteiger partial charge in [-0.3, -0.25) is 4.79 Å². The topological polar surface area (TPSA) is 56.1 Å². The molecule has 0 radical (unpaired) electrons. The average Bonchev–Trinajstić information content (AvgIpc) is 3.12. The predicted octanol–water partition coefficient (Wildman–Crippen LogP) is 3.64. The summed E-state index contributed by atoms with van der Waals surface area (Å²) in [6.07, 6.45) is 9.36. The first-order valence-electron chi connectivity index (χ1n) is 8.67. The first-order chi connectivity index (χ1) is 11.7. The van der Waals surface area contributed by atoms with Crippen LogP contribution in [0, 0.1) is 5.92 Å². The van der Waals surface area contributed by atoms with Gasteiger partial charge >= 0.3 is 0 Å². The molecule has 2 aromatic rings. The fraction of sp³-hybridized carbons (Fsp3) is 0.474. The first kappa shape index (κ1) is 16.6. The molecule has 1 N–H and O–H groups in total. The highest BCUT2D eigenvalue weighted by atomic mass is 16.5. The predicted molar refractivity (Wildman–Crippen MR) is 93.2 cm³/mol. The number of benzene rings is 1. The number of aromatic nitrogens is 2. The van der Waals surface area contributed by atoms with E-state index in [-0.39, 0.29) is 17.9 Å². The van der Waals surface area contributed by atoms with Gasteiger partial charge in [0.05, 0.1) is 19.3 Å². The summed E-state index contributed by atoms with van der Waals surface area (Å²) in [6.45, 7) is 2.00. The van der Waals surface area contributed by atoms with Gasteiger partial charge in [0.15, 0.2) is 0 Å².